The van der Waals surface area contributed by atoms with Gasteiger partial charge in [0.25, 0.3) is 0 Å². The topological polar surface area (TPSA) is 66.0 Å². The van der Waals surface area contributed by atoms with E-state index in [1.54, 1.807) is 13.8 Å². The Hall–Kier alpha value is -2.06. The smallest absolute Gasteiger partial charge is 0.231 e. The van der Waals surface area contributed by atoms with Crippen molar-refractivity contribution in [3.63, 3.8) is 0 Å². The molecule has 0 unspecified atom stereocenters. The van der Waals surface area contributed by atoms with Crippen molar-refractivity contribution in [3.8, 4) is 6.07 Å². The average molecular weight is 333 g/mol. The summed E-state index contributed by atoms with van der Waals surface area (Å²) in [5.41, 5.74) is 2.03. The number of carbonyl (C=O) groups excluding carboxylic acids is 1. The van der Waals surface area contributed by atoms with E-state index in [2.05, 4.69) is 21.2 Å². The van der Waals surface area contributed by atoms with Crippen molar-refractivity contribution >= 4 is 27.7 Å². The van der Waals surface area contributed by atoms with Crippen molar-refractivity contribution in [2.24, 2.45) is 0 Å². The highest BCUT2D eigenvalue weighted by Crippen LogP contribution is 2.25. The number of nitriles is 1. The molecule has 1 N–H and O–H groups in total. The van der Waals surface area contributed by atoms with Crippen LogP contribution in [0.15, 0.2) is 33.2 Å². The van der Waals surface area contributed by atoms with Gasteiger partial charge in [0, 0.05) is 10.0 Å². The van der Waals surface area contributed by atoms with Gasteiger partial charge in [-0.15, -0.1) is 0 Å². The number of hydrogen-bond acceptors (Lipinski definition) is 3. The molecular weight excluding hydrogens is 320 g/mol. The molecule has 1 amide bonds. The van der Waals surface area contributed by atoms with Crippen LogP contribution in [0.2, 0.25) is 0 Å². The molecule has 0 aliphatic carbocycles. The molecule has 1 aromatic carbocycles. The summed E-state index contributed by atoms with van der Waals surface area (Å²) >= 11 is 3.34. The third-order valence-corrected chi connectivity index (χ3v) is 3.56. The van der Waals surface area contributed by atoms with Crippen LogP contribution in [0.1, 0.15) is 22.5 Å². The first-order valence-electron chi connectivity index (χ1n) is 6.05. The fourth-order valence-electron chi connectivity index (χ4n) is 1.81. The van der Waals surface area contributed by atoms with Crippen molar-refractivity contribution in [1.82, 2.24) is 0 Å². The Labute approximate surface area is 125 Å². The molecule has 2 aromatic rings. The van der Waals surface area contributed by atoms with Gasteiger partial charge in [-0.05, 0) is 31.5 Å². The minimum absolute atomic E-state index is 0.211. The first kappa shape index (κ1) is 14.4. The largest absolute Gasteiger partial charge is 0.444 e. The molecule has 0 bridgehead atoms. The number of rotatable bonds is 3. The summed E-state index contributed by atoms with van der Waals surface area (Å²) in [5, 5.41) is 11.7. The number of hydrogen-bond donors (Lipinski definition) is 1. The van der Waals surface area contributed by atoms with Gasteiger partial charge in [0.15, 0.2) is 0 Å². The summed E-state index contributed by atoms with van der Waals surface area (Å²) in [5.74, 6) is 0.655. The zero-order chi connectivity index (χ0) is 14.7. The number of benzene rings is 1. The van der Waals surface area contributed by atoms with Crippen molar-refractivity contribution in [2.75, 3.05) is 5.32 Å². The lowest BCUT2D eigenvalue weighted by Gasteiger charge is -2.03. The molecule has 0 spiro atoms. The molecule has 4 nitrogen and oxygen atoms in total. The van der Waals surface area contributed by atoms with E-state index in [-0.39, 0.29) is 18.2 Å². The second-order valence-electron chi connectivity index (χ2n) is 4.45. The Morgan fingerprint density at radius 2 is 2.00 bits per heavy atom. The maximum atomic E-state index is 12.0. The zero-order valence-corrected chi connectivity index (χ0v) is 12.7. The number of carbonyl (C=O) groups is 1. The first-order chi connectivity index (χ1) is 9.51. The van der Waals surface area contributed by atoms with Crippen molar-refractivity contribution in [1.29, 1.82) is 5.26 Å². The van der Waals surface area contributed by atoms with Crippen LogP contribution in [0.25, 0.3) is 0 Å². The molecule has 20 heavy (non-hydrogen) atoms. The number of halogens is 1. The number of nitrogens with one attached hydrogen (secondary N) is 1. The molecule has 5 heteroatoms. The van der Waals surface area contributed by atoms with Crippen molar-refractivity contribution in [2.45, 2.75) is 20.3 Å². The van der Waals surface area contributed by atoms with E-state index in [0.29, 0.717) is 11.3 Å². The van der Waals surface area contributed by atoms with Gasteiger partial charge < -0.3 is 4.42 Å². The van der Waals surface area contributed by atoms with Crippen LogP contribution in [0.3, 0.4) is 0 Å². The highest BCUT2D eigenvalue weighted by molar-refractivity contribution is 9.10. The van der Waals surface area contributed by atoms with E-state index in [9.17, 15) is 4.79 Å². The maximum Gasteiger partial charge on any atom is 0.231 e. The molecule has 2 rings (SSSR count). The quantitative estimate of drug-likeness (QED) is 0.931. The van der Waals surface area contributed by atoms with Crippen LogP contribution in [-0.4, -0.2) is 5.91 Å². The molecule has 0 saturated heterocycles. The van der Waals surface area contributed by atoms with Gasteiger partial charge in [-0.25, -0.2) is 0 Å². The van der Waals surface area contributed by atoms with Crippen LogP contribution < -0.4 is 5.32 Å². The Morgan fingerprint density at radius 3 is 2.60 bits per heavy atom. The Bertz CT molecular complexity index is 681. The van der Waals surface area contributed by atoms with Gasteiger partial charge in [0.1, 0.15) is 17.4 Å². The van der Waals surface area contributed by atoms with E-state index < -0.39 is 0 Å². The molecule has 1 heterocycles. The summed E-state index contributed by atoms with van der Waals surface area (Å²) in [7, 11) is 0. The standard InChI is InChI=1S/C15H13BrN2O2/c1-9-10(2)20-15(13(9)8-17)18-14(19)7-11-3-5-12(16)6-4-11/h3-6H,7H2,1-2H3,(H,18,19). The maximum absolute atomic E-state index is 12.0. The fourth-order valence-corrected chi connectivity index (χ4v) is 2.07. The lowest BCUT2D eigenvalue weighted by atomic mass is 10.1. The molecule has 0 atom stereocenters. The van der Waals surface area contributed by atoms with Crippen LogP contribution in [-0.2, 0) is 11.2 Å². The normalized spacial score (nSPS) is 10.1. The van der Waals surface area contributed by atoms with E-state index >= 15 is 0 Å². The Balaban J connectivity index is 2.11. The predicted molar refractivity (Wildman–Crippen MR) is 79.4 cm³/mol. The summed E-state index contributed by atoms with van der Waals surface area (Å²) in [6, 6.07) is 9.54. The SMILES string of the molecule is Cc1oc(NC(=O)Cc2ccc(Br)cc2)c(C#N)c1C. The molecule has 0 aliphatic rings. The van der Waals surface area contributed by atoms with Gasteiger partial charge >= 0.3 is 0 Å². The van der Waals surface area contributed by atoms with Crippen LogP contribution in [0.5, 0.6) is 0 Å². The molecule has 0 radical (unpaired) electrons. The molecule has 0 saturated carbocycles. The molecule has 1 aromatic heterocycles. The lowest BCUT2D eigenvalue weighted by molar-refractivity contribution is -0.115. The van der Waals surface area contributed by atoms with Crippen LogP contribution in [0, 0.1) is 25.2 Å². The van der Waals surface area contributed by atoms with Crippen LogP contribution in [0.4, 0.5) is 5.88 Å². The predicted octanol–water partition coefficient (Wildman–Crippen LogP) is 3.71. The average Bonchev–Trinajstić information content (AvgIpc) is 2.67. The number of aryl methyl sites for hydroxylation is 1. The summed E-state index contributed by atoms with van der Waals surface area (Å²) in [6.45, 7) is 3.56. The van der Waals surface area contributed by atoms with Gasteiger partial charge in [-0.2, -0.15) is 5.26 Å². The molecule has 0 aliphatic heterocycles. The second kappa shape index (κ2) is 5.93. The number of amides is 1. The van der Waals surface area contributed by atoms with Crippen LogP contribution >= 0.6 is 15.9 Å². The third kappa shape index (κ3) is 3.09. The van der Waals surface area contributed by atoms with Gasteiger partial charge in [-0.3, -0.25) is 10.1 Å². The van der Waals surface area contributed by atoms with Crippen molar-refractivity contribution in [3.05, 3.63) is 51.2 Å². The van der Waals surface area contributed by atoms with Crippen molar-refractivity contribution < 1.29 is 9.21 Å². The summed E-state index contributed by atoms with van der Waals surface area (Å²) in [6.07, 6.45) is 0.233. The van der Waals surface area contributed by atoms with E-state index in [1.807, 2.05) is 30.3 Å². The Morgan fingerprint density at radius 1 is 1.35 bits per heavy atom. The van der Waals surface area contributed by atoms with E-state index in [1.165, 1.54) is 0 Å². The minimum atomic E-state index is -0.211. The monoisotopic (exact) mass is 332 g/mol. The van der Waals surface area contributed by atoms with Gasteiger partial charge in [0.2, 0.25) is 11.8 Å². The van der Waals surface area contributed by atoms with E-state index in [0.717, 1.165) is 15.6 Å². The highest BCUT2D eigenvalue weighted by Gasteiger charge is 2.16. The highest BCUT2D eigenvalue weighted by atomic mass is 79.9. The molecule has 0 fully saturated rings. The molecular formula is C15H13BrN2O2. The number of nitrogens with zero attached hydrogens (tertiary/aromatic N) is 1. The van der Waals surface area contributed by atoms with E-state index in [4.69, 9.17) is 9.68 Å². The lowest BCUT2D eigenvalue weighted by Crippen LogP contribution is -2.14. The minimum Gasteiger partial charge on any atom is -0.444 e. The molecule has 102 valence electrons. The number of furan rings is 1. The summed E-state index contributed by atoms with van der Waals surface area (Å²) < 4.78 is 6.37. The fraction of sp³-hybridized carbons (Fsp3) is 0.200. The number of anilines is 1. The summed E-state index contributed by atoms with van der Waals surface area (Å²) in [4.78, 5) is 12.0. The third-order valence-electron chi connectivity index (χ3n) is 3.03. The van der Waals surface area contributed by atoms with Gasteiger partial charge in [0.05, 0.1) is 6.42 Å². The Kier molecular flexibility index (Phi) is 4.26. The van der Waals surface area contributed by atoms with Gasteiger partial charge in [-0.1, -0.05) is 28.1 Å². The second-order valence-corrected chi connectivity index (χ2v) is 5.37. The first-order valence-corrected chi connectivity index (χ1v) is 6.85. The zero-order valence-electron chi connectivity index (χ0n) is 11.2.